The Kier molecular flexibility index (Phi) is 1.94. The van der Waals surface area contributed by atoms with Crippen molar-refractivity contribution in [1.82, 2.24) is 0 Å². The highest BCUT2D eigenvalue weighted by molar-refractivity contribution is 6.30. The van der Waals surface area contributed by atoms with Crippen molar-refractivity contribution in [3.05, 3.63) is 29.3 Å². The molecule has 3 rings (SSSR count). The first-order valence-corrected chi connectivity index (χ1v) is 5.73. The van der Waals surface area contributed by atoms with E-state index >= 15 is 0 Å². The molecule has 0 radical (unpaired) electrons. The summed E-state index contributed by atoms with van der Waals surface area (Å²) in [5.74, 6) is 0.944. The Bertz CT molecular complexity index is 350. The Hall–Kier alpha value is -0.690. The lowest BCUT2D eigenvalue weighted by atomic mass is 10.1. The Morgan fingerprint density at radius 2 is 2.21 bits per heavy atom. The van der Waals surface area contributed by atoms with Gasteiger partial charge in [0.05, 0.1) is 0 Å². The van der Waals surface area contributed by atoms with Crippen LogP contribution in [0.15, 0.2) is 24.3 Å². The fourth-order valence-corrected chi connectivity index (χ4v) is 3.08. The highest BCUT2D eigenvalue weighted by Gasteiger charge is 2.37. The van der Waals surface area contributed by atoms with Crippen LogP contribution in [0.4, 0.5) is 5.69 Å². The van der Waals surface area contributed by atoms with E-state index in [0.717, 1.165) is 17.0 Å². The van der Waals surface area contributed by atoms with E-state index in [9.17, 15) is 0 Å². The molecule has 2 unspecified atom stereocenters. The molecule has 2 fully saturated rings. The largest absolute Gasteiger partial charge is 0.368 e. The summed E-state index contributed by atoms with van der Waals surface area (Å²) >= 11 is 6.00. The van der Waals surface area contributed by atoms with Crippen LogP contribution in [0.5, 0.6) is 0 Å². The third-order valence-corrected chi connectivity index (χ3v) is 3.78. The molecule has 1 heterocycles. The molecule has 2 heteroatoms. The molecule has 14 heavy (non-hydrogen) atoms. The van der Waals surface area contributed by atoms with Gasteiger partial charge in [0, 0.05) is 23.3 Å². The maximum Gasteiger partial charge on any atom is 0.0426 e. The van der Waals surface area contributed by atoms with E-state index in [-0.39, 0.29) is 0 Å². The zero-order valence-electron chi connectivity index (χ0n) is 8.12. The molecule has 74 valence electrons. The number of nitrogens with zero attached hydrogens (tertiary/aromatic N) is 1. The highest BCUT2D eigenvalue weighted by Crippen LogP contribution is 2.40. The van der Waals surface area contributed by atoms with Gasteiger partial charge in [0.15, 0.2) is 0 Å². The normalized spacial score (nSPS) is 29.9. The summed E-state index contributed by atoms with van der Waals surface area (Å²) in [6.07, 6.45) is 4.20. The maximum atomic E-state index is 6.00. The highest BCUT2D eigenvalue weighted by atomic mass is 35.5. The van der Waals surface area contributed by atoms with E-state index in [2.05, 4.69) is 17.0 Å². The summed E-state index contributed by atoms with van der Waals surface area (Å²) in [5.41, 5.74) is 1.31. The first-order chi connectivity index (χ1) is 6.83. The minimum Gasteiger partial charge on any atom is -0.368 e. The molecule has 1 aromatic rings. The van der Waals surface area contributed by atoms with Gasteiger partial charge in [0.1, 0.15) is 0 Å². The molecule has 1 aliphatic carbocycles. The van der Waals surface area contributed by atoms with Crippen molar-refractivity contribution >= 4 is 17.3 Å². The number of benzene rings is 1. The van der Waals surface area contributed by atoms with Crippen LogP contribution in [0.2, 0.25) is 5.02 Å². The molecule has 0 amide bonds. The van der Waals surface area contributed by atoms with Crippen molar-refractivity contribution in [2.75, 3.05) is 11.4 Å². The molecular formula is C12H14ClN. The molecule has 1 saturated carbocycles. The molecule has 1 saturated heterocycles. The number of halogens is 1. The van der Waals surface area contributed by atoms with Gasteiger partial charge >= 0.3 is 0 Å². The van der Waals surface area contributed by atoms with Gasteiger partial charge in [0.2, 0.25) is 0 Å². The van der Waals surface area contributed by atoms with Crippen LogP contribution in [0.1, 0.15) is 19.3 Å². The van der Waals surface area contributed by atoms with E-state index < -0.39 is 0 Å². The third-order valence-electron chi connectivity index (χ3n) is 3.55. The van der Waals surface area contributed by atoms with Crippen molar-refractivity contribution in [2.45, 2.75) is 25.3 Å². The Balaban J connectivity index is 1.89. The number of fused-ring (bicyclic) bond motifs is 2. The maximum absolute atomic E-state index is 6.00. The molecule has 2 bridgehead atoms. The summed E-state index contributed by atoms with van der Waals surface area (Å²) in [5, 5.41) is 0.852. The predicted molar refractivity (Wildman–Crippen MR) is 59.9 cm³/mol. The Morgan fingerprint density at radius 3 is 2.86 bits per heavy atom. The first-order valence-electron chi connectivity index (χ1n) is 5.35. The van der Waals surface area contributed by atoms with Crippen LogP contribution in [0.25, 0.3) is 0 Å². The van der Waals surface area contributed by atoms with Gasteiger partial charge in [-0.1, -0.05) is 17.7 Å². The zero-order valence-corrected chi connectivity index (χ0v) is 8.87. The number of rotatable bonds is 1. The molecule has 0 N–H and O–H groups in total. The van der Waals surface area contributed by atoms with Crippen molar-refractivity contribution in [2.24, 2.45) is 5.92 Å². The lowest BCUT2D eigenvalue weighted by Crippen LogP contribution is -2.31. The second-order valence-electron chi connectivity index (χ2n) is 4.47. The van der Waals surface area contributed by atoms with Gasteiger partial charge in [-0.05, 0) is 43.4 Å². The zero-order chi connectivity index (χ0) is 9.54. The molecule has 1 aliphatic heterocycles. The monoisotopic (exact) mass is 207 g/mol. The third kappa shape index (κ3) is 1.31. The fraction of sp³-hybridized carbons (Fsp3) is 0.500. The lowest BCUT2D eigenvalue weighted by Gasteiger charge is -2.29. The van der Waals surface area contributed by atoms with Gasteiger partial charge in [0.25, 0.3) is 0 Å². The van der Waals surface area contributed by atoms with Crippen molar-refractivity contribution in [1.29, 1.82) is 0 Å². The summed E-state index contributed by atoms with van der Waals surface area (Å²) < 4.78 is 0. The second kappa shape index (κ2) is 3.16. The van der Waals surface area contributed by atoms with Gasteiger partial charge < -0.3 is 4.90 Å². The fourth-order valence-electron chi connectivity index (χ4n) is 2.90. The van der Waals surface area contributed by atoms with E-state index in [4.69, 9.17) is 11.6 Å². The van der Waals surface area contributed by atoms with E-state index in [0.29, 0.717) is 0 Å². The van der Waals surface area contributed by atoms with Crippen LogP contribution in [0, 0.1) is 5.92 Å². The number of hydrogen-bond acceptors (Lipinski definition) is 1. The molecule has 2 aliphatic rings. The van der Waals surface area contributed by atoms with Gasteiger partial charge in [-0.3, -0.25) is 0 Å². The van der Waals surface area contributed by atoms with E-state index in [1.54, 1.807) is 0 Å². The number of hydrogen-bond donors (Lipinski definition) is 0. The second-order valence-corrected chi connectivity index (χ2v) is 4.90. The van der Waals surface area contributed by atoms with Crippen LogP contribution >= 0.6 is 11.6 Å². The standard InChI is InChI=1S/C12H14ClN/c13-10-2-1-3-11(7-10)14-8-9-4-5-12(14)6-9/h1-3,7,9,12H,4-6,8H2. The van der Waals surface area contributed by atoms with Crippen molar-refractivity contribution < 1.29 is 0 Å². The minimum absolute atomic E-state index is 0.790. The SMILES string of the molecule is Clc1cccc(N2CC3CCC2C3)c1. The average Bonchev–Trinajstić information content (AvgIpc) is 2.78. The van der Waals surface area contributed by atoms with E-state index in [1.807, 2.05) is 12.1 Å². The Morgan fingerprint density at radius 1 is 1.29 bits per heavy atom. The van der Waals surface area contributed by atoms with Gasteiger partial charge in [-0.2, -0.15) is 0 Å². The molecule has 1 aromatic carbocycles. The first kappa shape index (κ1) is 8.60. The van der Waals surface area contributed by atoms with Crippen molar-refractivity contribution in [3.63, 3.8) is 0 Å². The van der Waals surface area contributed by atoms with Crippen molar-refractivity contribution in [3.8, 4) is 0 Å². The summed E-state index contributed by atoms with van der Waals surface area (Å²) in [6, 6.07) is 9.04. The number of piperidine rings is 1. The van der Waals surface area contributed by atoms with Gasteiger partial charge in [-0.15, -0.1) is 0 Å². The van der Waals surface area contributed by atoms with Crippen LogP contribution in [-0.2, 0) is 0 Å². The van der Waals surface area contributed by atoms with Crippen LogP contribution in [-0.4, -0.2) is 12.6 Å². The summed E-state index contributed by atoms with van der Waals surface area (Å²) in [7, 11) is 0. The average molecular weight is 208 g/mol. The summed E-state index contributed by atoms with van der Waals surface area (Å²) in [4.78, 5) is 2.53. The van der Waals surface area contributed by atoms with Crippen LogP contribution < -0.4 is 4.90 Å². The molecular weight excluding hydrogens is 194 g/mol. The van der Waals surface area contributed by atoms with Crippen LogP contribution in [0.3, 0.4) is 0 Å². The Labute approximate surface area is 89.7 Å². The quantitative estimate of drug-likeness (QED) is 0.683. The molecule has 2 atom stereocenters. The predicted octanol–water partition coefficient (Wildman–Crippen LogP) is 3.33. The van der Waals surface area contributed by atoms with Gasteiger partial charge in [-0.25, -0.2) is 0 Å². The lowest BCUT2D eigenvalue weighted by molar-refractivity contribution is 0.553. The summed E-state index contributed by atoms with van der Waals surface area (Å²) in [6.45, 7) is 1.24. The minimum atomic E-state index is 0.790. The molecule has 0 aromatic heterocycles. The molecule has 1 nitrogen and oxygen atoms in total. The van der Waals surface area contributed by atoms with E-state index in [1.165, 1.54) is 31.5 Å². The molecule has 0 spiro atoms. The smallest absolute Gasteiger partial charge is 0.0426 e. The number of anilines is 1. The topological polar surface area (TPSA) is 3.24 Å².